The highest BCUT2D eigenvalue weighted by molar-refractivity contribution is 5.93. The Morgan fingerprint density at radius 2 is 0.625 bits per heavy atom. The Morgan fingerprint density at radius 1 is 0.333 bits per heavy atom. The first-order valence-corrected chi connectivity index (χ1v) is 17.0. The van der Waals surface area contributed by atoms with Crippen molar-refractivity contribution >= 4 is 23.3 Å². The van der Waals surface area contributed by atoms with E-state index in [2.05, 4.69) is 211 Å². The van der Waals surface area contributed by atoms with Crippen LogP contribution >= 0.6 is 0 Å². The minimum atomic E-state index is 0.127. The molecule has 0 aromatic heterocycles. The van der Waals surface area contributed by atoms with Crippen LogP contribution in [0.25, 0.3) is 34.4 Å². The largest absolute Gasteiger partial charge is 0.0622 e. The molecule has 0 saturated carbocycles. The molecule has 238 valence electrons. The van der Waals surface area contributed by atoms with E-state index in [1.165, 1.54) is 66.8 Å². The Bertz CT molecular complexity index is 1840. The highest BCUT2D eigenvalue weighted by Crippen LogP contribution is 2.32. The molecule has 0 aliphatic carbocycles. The molecule has 0 aliphatic rings. The molecule has 0 aliphatic heterocycles. The lowest BCUT2D eigenvalue weighted by Crippen LogP contribution is -2.10. The Morgan fingerprint density at radius 3 is 0.917 bits per heavy atom. The third kappa shape index (κ3) is 7.84. The molecule has 0 amide bonds. The van der Waals surface area contributed by atoms with E-state index in [0.29, 0.717) is 0 Å². The van der Waals surface area contributed by atoms with Crippen LogP contribution in [0, 0.1) is 0 Å². The molecule has 0 bridgehead atoms. The summed E-state index contributed by atoms with van der Waals surface area (Å²) in [6, 6.07) is 57.3. The van der Waals surface area contributed by atoms with Gasteiger partial charge >= 0.3 is 0 Å². The van der Waals surface area contributed by atoms with Crippen LogP contribution in [0.5, 0.6) is 0 Å². The van der Waals surface area contributed by atoms with Crippen molar-refractivity contribution < 1.29 is 0 Å². The van der Waals surface area contributed by atoms with Gasteiger partial charge in [-0.1, -0.05) is 199 Å². The van der Waals surface area contributed by atoms with Crippen molar-refractivity contribution in [2.24, 2.45) is 0 Å². The molecule has 0 heterocycles. The molecule has 0 nitrogen and oxygen atoms in total. The molecule has 48 heavy (non-hydrogen) atoms. The van der Waals surface area contributed by atoms with Gasteiger partial charge in [-0.05, 0) is 89.8 Å². The maximum absolute atomic E-state index is 2.30. The van der Waals surface area contributed by atoms with Crippen molar-refractivity contribution in [2.45, 2.75) is 52.4 Å². The summed E-state index contributed by atoms with van der Waals surface area (Å²) in [5.74, 6) is 0. The Labute approximate surface area is 288 Å². The molecular weight excluding hydrogens is 577 g/mol. The predicted octanol–water partition coefficient (Wildman–Crippen LogP) is 13.1. The van der Waals surface area contributed by atoms with Crippen molar-refractivity contribution in [3.63, 3.8) is 0 Å². The highest BCUT2D eigenvalue weighted by Gasteiger charge is 2.15. The molecular formula is C48H46. The Hall–Kier alpha value is -5.20. The van der Waals surface area contributed by atoms with Crippen molar-refractivity contribution in [1.82, 2.24) is 0 Å². The topological polar surface area (TPSA) is 0 Å². The van der Waals surface area contributed by atoms with Crippen LogP contribution < -0.4 is 0 Å². The van der Waals surface area contributed by atoms with E-state index in [1.54, 1.807) is 0 Å². The SMILES string of the molecule is CC(C)(C)c1ccc(C(=Cc2ccc(-c3ccc(C=C(c4ccccc4)c4ccc(C(C)(C)C)cc4)cc3)cc2)c2ccccc2)cc1. The lowest BCUT2D eigenvalue weighted by molar-refractivity contribution is 0.590. The molecule has 0 spiro atoms. The smallest absolute Gasteiger partial charge is 0.0105 e. The van der Waals surface area contributed by atoms with E-state index in [9.17, 15) is 0 Å². The summed E-state index contributed by atoms with van der Waals surface area (Å²) in [6.45, 7) is 13.6. The van der Waals surface area contributed by atoms with Gasteiger partial charge in [0.25, 0.3) is 0 Å². The van der Waals surface area contributed by atoms with E-state index < -0.39 is 0 Å². The standard InChI is InChI=1S/C48H46/c1-47(2,3)43-29-25-41(26-30-43)45(39-13-9-7-10-14-39)33-35-17-21-37(22-18-35)38-23-19-36(20-24-38)34-46(40-15-11-8-12-16-40)42-27-31-44(32-28-42)48(4,5)6/h7-34H,1-6H3. The maximum Gasteiger partial charge on any atom is -0.0105 e. The second kappa shape index (κ2) is 13.9. The Balaban J connectivity index is 1.27. The zero-order valence-electron chi connectivity index (χ0n) is 29.2. The number of benzene rings is 6. The van der Waals surface area contributed by atoms with E-state index in [-0.39, 0.29) is 10.8 Å². The van der Waals surface area contributed by atoms with Gasteiger partial charge in [0.2, 0.25) is 0 Å². The molecule has 0 fully saturated rings. The molecule has 0 atom stereocenters. The van der Waals surface area contributed by atoms with E-state index in [0.717, 1.165) is 0 Å². The average Bonchev–Trinajstić information content (AvgIpc) is 3.10. The third-order valence-corrected chi connectivity index (χ3v) is 9.07. The van der Waals surface area contributed by atoms with Crippen molar-refractivity contribution in [3.05, 3.63) is 202 Å². The summed E-state index contributed by atoms with van der Waals surface area (Å²) in [6.07, 6.45) is 4.61. The van der Waals surface area contributed by atoms with Gasteiger partial charge in [0.15, 0.2) is 0 Å². The zero-order valence-corrected chi connectivity index (χ0v) is 29.2. The monoisotopic (exact) mass is 622 g/mol. The molecule has 0 unspecified atom stereocenters. The van der Waals surface area contributed by atoms with Crippen LogP contribution in [-0.2, 0) is 10.8 Å². The third-order valence-electron chi connectivity index (χ3n) is 9.07. The second-order valence-electron chi connectivity index (χ2n) is 14.7. The van der Waals surface area contributed by atoms with Gasteiger partial charge in [-0.3, -0.25) is 0 Å². The summed E-state index contributed by atoms with van der Waals surface area (Å²) in [4.78, 5) is 0. The number of hydrogen-bond acceptors (Lipinski definition) is 0. The Kier molecular flexibility index (Phi) is 9.47. The minimum Gasteiger partial charge on any atom is -0.0622 e. The van der Waals surface area contributed by atoms with Gasteiger partial charge in [-0.15, -0.1) is 0 Å². The van der Waals surface area contributed by atoms with Crippen LogP contribution in [0.1, 0.15) is 86.1 Å². The van der Waals surface area contributed by atoms with Crippen molar-refractivity contribution in [2.75, 3.05) is 0 Å². The predicted molar refractivity (Wildman–Crippen MR) is 209 cm³/mol. The van der Waals surface area contributed by atoms with Crippen LogP contribution in [0.3, 0.4) is 0 Å². The fourth-order valence-electron chi connectivity index (χ4n) is 6.08. The van der Waals surface area contributed by atoms with E-state index in [1.807, 2.05) is 0 Å². The molecule has 0 heteroatoms. The lowest BCUT2D eigenvalue weighted by Gasteiger charge is -2.19. The van der Waals surface area contributed by atoms with Crippen LogP contribution in [-0.4, -0.2) is 0 Å². The van der Waals surface area contributed by atoms with Gasteiger partial charge in [0.05, 0.1) is 0 Å². The van der Waals surface area contributed by atoms with Crippen LogP contribution in [0.2, 0.25) is 0 Å². The van der Waals surface area contributed by atoms with Crippen LogP contribution in [0.15, 0.2) is 158 Å². The zero-order chi connectivity index (χ0) is 33.7. The average molecular weight is 623 g/mol. The number of hydrogen-bond donors (Lipinski definition) is 0. The van der Waals surface area contributed by atoms with Crippen molar-refractivity contribution in [1.29, 1.82) is 0 Å². The normalized spacial score (nSPS) is 12.6. The maximum atomic E-state index is 2.30. The first kappa shape index (κ1) is 32.7. The first-order chi connectivity index (χ1) is 23.0. The summed E-state index contributed by atoms with van der Waals surface area (Å²) >= 11 is 0. The lowest BCUT2D eigenvalue weighted by atomic mass is 9.85. The fraction of sp³-hybridized carbons (Fsp3) is 0.167. The quantitative estimate of drug-likeness (QED) is 0.155. The summed E-state index contributed by atoms with van der Waals surface area (Å²) in [5, 5.41) is 0. The molecule has 6 aromatic carbocycles. The second-order valence-corrected chi connectivity index (χ2v) is 14.7. The summed E-state index contributed by atoms with van der Waals surface area (Å²) < 4.78 is 0. The summed E-state index contributed by atoms with van der Waals surface area (Å²) in [7, 11) is 0. The molecule has 0 radical (unpaired) electrons. The molecule has 6 rings (SSSR count). The van der Waals surface area contributed by atoms with E-state index in [4.69, 9.17) is 0 Å². The van der Waals surface area contributed by atoms with E-state index >= 15 is 0 Å². The van der Waals surface area contributed by atoms with Gasteiger partial charge < -0.3 is 0 Å². The fourth-order valence-corrected chi connectivity index (χ4v) is 6.08. The highest BCUT2D eigenvalue weighted by atomic mass is 14.2. The van der Waals surface area contributed by atoms with Crippen LogP contribution in [0.4, 0.5) is 0 Å². The summed E-state index contributed by atoms with van der Waals surface area (Å²) in [5.41, 5.74) is 15.1. The van der Waals surface area contributed by atoms with Crippen molar-refractivity contribution in [3.8, 4) is 11.1 Å². The van der Waals surface area contributed by atoms with Gasteiger partial charge in [-0.25, -0.2) is 0 Å². The first-order valence-electron chi connectivity index (χ1n) is 17.0. The number of rotatable bonds is 7. The van der Waals surface area contributed by atoms with Gasteiger partial charge in [0.1, 0.15) is 0 Å². The molecule has 0 saturated heterocycles. The van der Waals surface area contributed by atoms with Gasteiger partial charge in [-0.2, -0.15) is 0 Å². The molecule has 0 N–H and O–H groups in total. The molecule has 6 aromatic rings. The van der Waals surface area contributed by atoms with Gasteiger partial charge in [0, 0.05) is 0 Å². The minimum absolute atomic E-state index is 0.127.